The fourth-order valence-corrected chi connectivity index (χ4v) is 1.78. The van der Waals surface area contributed by atoms with Gasteiger partial charge in [-0.1, -0.05) is 12.2 Å². The summed E-state index contributed by atoms with van der Waals surface area (Å²) in [5.74, 6) is 0.923. The molecule has 4 heteroatoms. The molecule has 0 bridgehead atoms. The summed E-state index contributed by atoms with van der Waals surface area (Å²) in [6.07, 6.45) is 5.63. The van der Waals surface area contributed by atoms with E-state index in [1.165, 1.54) is 19.3 Å². The Morgan fingerprint density at radius 3 is 2.77 bits per heavy atom. The molecular formula is C9H13N3S. The van der Waals surface area contributed by atoms with Crippen LogP contribution in [-0.4, -0.2) is 23.1 Å². The van der Waals surface area contributed by atoms with Crippen LogP contribution in [0, 0.1) is 4.64 Å². The van der Waals surface area contributed by atoms with Crippen LogP contribution in [0.15, 0.2) is 12.3 Å². The first-order valence-corrected chi connectivity index (χ1v) is 5.07. The van der Waals surface area contributed by atoms with Crippen molar-refractivity contribution in [3.05, 3.63) is 16.9 Å². The minimum atomic E-state index is 0.760. The smallest absolute Gasteiger partial charge is 0.203 e. The molecule has 0 aliphatic carbocycles. The molecule has 2 heterocycles. The Balaban J connectivity index is 2.19. The zero-order chi connectivity index (χ0) is 9.10. The molecule has 1 N–H and O–H groups in total. The molecule has 0 spiro atoms. The predicted molar refractivity (Wildman–Crippen MR) is 55.5 cm³/mol. The summed E-state index contributed by atoms with van der Waals surface area (Å²) < 4.78 is 0.760. The van der Waals surface area contributed by atoms with Crippen LogP contribution in [0.3, 0.4) is 0 Å². The third-order valence-corrected chi connectivity index (χ3v) is 2.55. The highest BCUT2D eigenvalue weighted by Crippen LogP contribution is 2.14. The quantitative estimate of drug-likeness (QED) is 0.697. The molecule has 2 rings (SSSR count). The zero-order valence-corrected chi connectivity index (χ0v) is 8.31. The van der Waals surface area contributed by atoms with E-state index in [1.807, 2.05) is 6.07 Å². The molecule has 0 saturated carbocycles. The van der Waals surface area contributed by atoms with Crippen molar-refractivity contribution in [3.8, 4) is 0 Å². The van der Waals surface area contributed by atoms with Gasteiger partial charge >= 0.3 is 0 Å². The summed E-state index contributed by atoms with van der Waals surface area (Å²) >= 11 is 5.05. The van der Waals surface area contributed by atoms with Gasteiger partial charge in [0.2, 0.25) is 5.95 Å². The highest BCUT2D eigenvalue weighted by Gasteiger charge is 2.11. The van der Waals surface area contributed by atoms with Gasteiger partial charge in [0.05, 0.1) is 0 Å². The molecule has 0 radical (unpaired) electrons. The molecule has 70 valence electrons. The van der Waals surface area contributed by atoms with Gasteiger partial charge in [-0.3, -0.25) is 0 Å². The van der Waals surface area contributed by atoms with Crippen LogP contribution in [0.1, 0.15) is 19.3 Å². The highest BCUT2D eigenvalue weighted by molar-refractivity contribution is 7.71. The van der Waals surface area contributed by atoms with E-state index in [9.17, 15) is 0 Å². The van der Waals surface area contributed by atoms with Gasteiger partial charge in [0.1, 0.15) is 4.64 Å². The fourth-order valence-electron chi connectivity index (χ4n) is 1.63. The number of nitrogens with zero attached hydrogens (tertiary/aromatic N) is 2. The number of anilines is 1. The molecular weight excluding hydrogens is 182 g/mol. The molecule has 1 saturated heterocycles. The van der Waals surface area contributed by atoms with Gasteiger partial charge in [-0.05, 0) is 25.3 Å². The topological polar surface area (TPSA) is 31.9 Å². The van der Waals surface area contributed by atoms with Crippen LogP contribution < -0.4 is 4.90 Å². The van der Waals surface area contributed by atoms with Crippen LogP contribution in [0.25, 0.3) is 0 Å². The number of hydrogen-bond donors (Lipinski definition) is 1. The van der Waals surface area contributed by atoms with Crippen LogP contribution >= 0.6 is 12.2 Å². The second-order valence-corrected chi connectivity index (χ2v) is 3.75. The van der Waals surface area contributed by atoms with Gasteiger partial charge in [-0.15, -0.1) is 0 Å². The Morgan fingerprint density at radius 1 is 1.31 bits per heavy atom. The molecule has 1 aromatic rings. The van der Waals surface area contributed by atoms with E-state index < -0.39 is 0 Å². The SMILES string of the molecule is S=c1ccnc(N2CCCCC2)[nH]1. The third kappa shape index (κ3) is 2.06. The maximum Gasteiger partial charge on any atom is 0.203 e. The second-order valence-electron chi connectivity index (χ2n) is 3.31. The molecule has 0 aromatic carbocycles. The second kappa shape index (κ2) is 3.87. The van der Waals surface area contributed by atoms with E-state index in [2.05, 4.69) is 14.9 Å². The number of aromatic nitrogens is 2. The Morgan fingerprint density at radius 2 is 2.08 bits per heavy atom. The Bertz CT molecular complexity index is 328. The van der Waals surface area contributed by atoms with Crippen LogP contribution in [0.5, 0.6) is 0 Å². The van der Waals surface area contributed by atoms with Crippen molar-refractivity contribution in [1.29, 1.82) is 0 Å². The van der Waals surface area contributed by atoms with Gasteiger partial charge in [-0.2, -0.15) is 0 Å². The van der Waals surface area contributed by atoms with E-state index >= 15 is 0 Å². The van der Waals surface area contributed by atoms with Gasteiger partial charge in [0.15, 0.2) is 0 Å². The van der Waals surface area contributed by atoms with E-state index in [4.69, 9.17) is 12.2 Å². The highest BCUT2D eigenvalue weighted by atomic mass is 32.1. The van der Waals surface area contributed by atoms with E-state index in [0.717, 1.165) is 23.7 Å². The monoisotopic (exact) mass is 195 g/mol. The van der Waals surface area contributed by atoms with Crippen molar-refractivity contribution < 1.29 is 0 Å². The molecule has 1 aromatic heterocycles. The average Bonchev–Trinajstić information content (AvgIpc) is 2.19. The van der Waals surface area contributed by atoms with Gasteiger partial charge in [0.25, 0.3) is 0 Å². The fraction of sp³-hybridized carbons (Fsp3) is 0.556. The lowest BCUT2D eigenvalue weighted by Crippen LogP contribution is -2.30. The van der Waals surface area contributed by atoms with Crippen LogP contribution in [-0.2, 0) is 0 Å². The lowest BCUT2D eigenvalue weighted by molar-refractivity contribution is 0.568. The number of H-pyrrole nitrogens is 1. The summed E-state index contributed by atoms with van der Waals surface area (Å²) in [5.41, 5.74) is 0. The van der Waals surface area contributed by atoms with E-state index in [1.54, 1.807) is 6.20 Å². The first-order chi connectivity index (χ1) is 6.36. The largest absolute Gasteiger partial charge is 0.342 e. The lowest BCUT2D eigenvalue weighted by atomic mass is 10.1. The first-order valence-electron chi connectivity index (χ1n) is 4.66. The number of piperidine rings is 1. The van der Waals surface area contributed by atoms with Gasteiger partial charge in [0, 0.05) is 19.3 Å². The summed E-state index contributed by atoms with van der Waals surface area (Å²) in [7, 11) is 0. The molecule has 0 atom stereocenters. The Kier molecular flexibility index (Phi) is 2.59. The Labute approximate surface area is 82.8 Å². The van der Waals surface area contributed by atoms with Crippen molar-refractivity contribution >= 4 is 18.2 Å². The lowest BCUT2D eigenvalue weighted by Gasteiger charge is -2.26. The molecule has 3 nitrogen and oxygen atoms in total. The Hall–Kier alpha value is -0.900. The van der Waals surface area contributed by atoms with Crippen LogP contribution in [0.2, 0.25) is 0 Å². The van der Waals surface area contributed by atoms with Crippen molar-refractivity contribution in [2.75, 3.05) is 18.0 Å². The predicted octanol–water partition coefficient (Wildman–Crippen LogP) is 2.13. The van der Waals surface area contributed by atoms with Crippen LogP contribution in [0.4, 0.5) is 5.95 Å². The average molecular weight is 195 g/mol. The summed E-state index contributed by atoms with van der Waals surface area (Å²) in [5, 5.41) is 0. The summed E-state index contributed by atoms with van der Waals surface area (Å²) in [6.45, 7) is 2.20. The third-order valence-electron chi connectivity index (χ3n) is 2.31. The molecule has 13 heavy (non-hydrogen) atoms. The minimum absolute atomic E-state index is 0.760. The first kappa shape index (κ1) is 8.69. The molecule has 1 aliphatic heterocycles. The van der Waals surface area contributed by atoms with Gasteiger partial charge < -0.3 is 9.88 Å². The van der Waals surface area contributed by atoms with E-state index in [-0.39, 0.29) is 0 Å². The van der Waals surface area contributed by atoms with E-state index in [0.29, 0.717) is 0 Å². The standard InChI is InChI=1S/C9H13N3S/c13-8-4-5-10-9(11-8)12-6-2-1-3-7-12/h4-5H,1-3,6-7H2,(H,10,11,13). The number of hydrogen-bond acceptors (Lipinski definition) is 3. The van der Waals surface area contributed by atoms with Crippen molar-refractivity contribution in [2.24, 2.45) is 0 Å². The maximum absolute atomic E-state index is 5.05. The maximum atomic E-state index is 5.05. The summed E-state index contributed by atoms with van der Waals surface area (Å²) in [4.78, 5) is 9.64. The number of rotatable bonds is 1. The normalized spacial score (nSPS) is 17.4. The molecule has 0 unspecified atom stereocenters. The van der Waals surface area contributed by atoms with Gasteiger partial charge in [-0.25, -0.2) is 4.98 Å². The number of nitrogens with one attached hydrogen (secondary N) is 1. The molecule has 1 fully saturated rings. The van der Waals surface area contributed by atoms with Crippen molar-refractivity contribution in [2.45, 2.75) is 19.3 Å². The molecule has 0 amide bonds. The summed E-state index contributed by atoms with van der Waals surface area (Å²) in [6, 6.07) is 1.81. The van der Waals surface area contributed by atoms with Crippen molar-refractivity contribution in [1.82, 2.24) is 9.97 Å². The zero-order valence-electron chi connectivity index (χ0n) is 7.49. The van der Waals surface area contributed by atoms with Crippen molar-refractivity contribution in [3.63, 3.8) is 0 Å². The minimum Gasteiger partial charge on any atom is -0.342 e. The molecule has 1 aliphatic rings. The number of aromatic amines is 1.